The van der Waals surface area contributed by atoms with Crippen LogP contribution in [0.3, 0.4) is 0 Å². The van der Waals surface area contributed by atoms with Gasteiger partial charge in [-0.15, -0.1) is 4.36 Å². The fourth-order valence-electron chi connectivity index (χ4n) is 8.19. The monoisotopic (exact) mass is 758 g/mol. The molecule has 288 valence electrons. The van der Waals surface area contributed by atoms with Crippen molar-refractivity contribution in [3.63, 3.8) is 0 Å². The quantitative estimate of drug-likeness (QED) is 0.122. The fraction of sp³-hybridized carbons (Fsp3) is 0.475. The van der Waals surface area contributed by atoms with Crippen LogP contribution < -0.4 is 20.1 Å². The Hall–Kier alpha value is -4.98. The lowest BCUT2D eigenvalue weighted by molar-refractivity contribution is -0.139. The number of fused-ring (bicyclic) bond motifs is 4. The predicted molar refractivity (Wildman–Crippen MR) is 208 cm³/mol. The molecule has 2 heterocycles. The third-order valence-corrected chi connectivity index (χ3v) is 13.1. The van der Waals surface area contributed by atoms with Crippen LogP contribution >= 0.6 is 0 Å². The molecule has 4 N–H and O–H groups in total. The first kappa shape index (κ1) is 38.7. The molecule has 14 heteroatoms. The van der Waals surface area contributed by atoms with Gasteiger partial charge in [0.2, 0.25) is 0 Å². The lowest BCUT2D eigenvalue weighted by Crippen LogP contribution is -2.48. The van der Waals surface area contributed by atoms with Gasteiger partial charge in [-0.05, 0) is 92.7 Å². The summed E-state index contributed by atoms with van der Waals surface area (Å²) in [6.45, 7) is 5.74. The maximum atomic E-state index is 14.8. The van der Waals surface area contributed by atoms with Crippen LogP contribution in [-0.2, 0) is 40.8 Å². The number of nitrogens with one attached hydrogen (secondary N) is 2. The zero-order valence-electron chi connectivity index (χ0n) is 31.3. The van der Waals surface area contributed by atoms with Crippen LogP contribution in [-0.4, -0.2) is 80.1 Å². The number of carbonyl (C=O) groups is 3. The number of nitrogens with two attached hydrogens (primary N) is 1. The summed E-state index contributed by atoms with van der Waals surface area (Å²) in [7, 11) is -1.21. The van der Waals surface area contributed by atoms with Crippen molar-refractivity contribution < 1.29 is 32.8 Å². The van der Waals surface area contributed by atoms with Crippen LogP contribution in [0.25, 0.3) is 0 Å². The zero-order chi connectivity index (χ0) is 38.6. The molecule has 13 nitrogen and oxygen atoms in total. The first-order valence-corrected chi connectivity index (χ1v) is 20.1. The van der Waals surface area contributed by atoms with Gasteiger partial charge in [-0.1, -0.05) is 36.8 Å². The Morgan fingerprint density at radius 1 is 1.20 bits per heavy atom. The summed E-state index contributed by atoms with van der Waals surface area (Å²) >= 11 is 0. The topological polar surface area (TPSA) is 186 Å². The summed E-state index contributed by atoms with van der Waals surface area (Å²) in [4.78, 5) is 46.2. The van der Waals surface area contributed by atoms with Crippen LogP contribution in [0.1, 0.15) is 66.1 Å². The highest BCUT2D eigenvalue weighted by Crippen LogP contribution is 2.46. The molecule has 0 aromatic heterocycles. The van der Waals surface area contributed by atoms with E-state index in [1.165, 1.54) is 30.8 Å². The van der Waals surface area contributed by atoms with E-state index in [0.29, 0.717) is 37.0 Å². The van der Waals surface area contributed by atoms with Gasteiger partial charge in [-0.25, -0.2) is 9.00 Å². The average molecular weight is 759 g/mol. The number of ether oxygens (including phenoxy) is 3. The number of anilines is 1. The zero-order valence-corrected chi connectivity index (χ0v) is 32.2. The minimum absolute atomic E-state index is 0.179. The van der Waals surface area contributed by atoms with Gasteiger partial charge in [0.1, 0.15) is 33.6 Å². The third-order valence-electron chi connectivity index (χ3n) is 11.2. The standard InChI is InChI=1S/C40H50N6O7S/c1-25-10-14-32-28(17-25)8-6-16-40(32)23-46-21-30-12-11-27(30)7-5-9-34(53-36(47)19-41)26(2)22-54(50,45-39(49)31(20-43-3)37(42)51-4)44-38(48)29-13-15-35(52-24-40)33(46)18-29/h5,9-10,13-15,17-20,26-27,30,34,41H,6-8,11-12,16,21-24,42H2,1-4H3,(H,44,45,48,49,50). The number of rotatable bonds is 6. The van der Waals surface area contributed by atoms with Crippen molar-refractivity contribution in [3.8, 4) is 5.75 Å². The molecule has 1 fully saturated rings. The van der Waals surface area contributed by atoms with E-state index in [-0.39, 0.29) is 28.2 Å². The van der Waals surface area contributed by atoms with Crippen LogP contribution in [0.5, 0.6) is 5.75 Å². The van der Waals surface area contributed by atoms with Crippen molar-refractivity contribution in [1.82, 2.24) is 4.72 Å². The number of nitrogens with zero attached hydrogens (tertiary/aromatic N) is 3. The minimum Gasteiger partial charge on any atom is -0.490 e. The van der Waals surface area contributed by atoms with Crippen molar-refractivity contribution in [3.05, 3.63) is 82.3 Å². The Morgan fingerprint density at radius 2 is 2.00 bits per heavy atom. The lowest BCUT2D eigenvalue weighted by atomic mass is 9.68. The summed E-state index contributed by atoms with van der Waals surface area (Å²) in [5, 5.41) is 7.43. The molecular formula is C40H50N6O7S. The van der Waals surface area contributed by atoms with Crippen molar-refractivity contribution >= 4 is 45.8 Å². The second-order valence-corrected chi connectivity index (χ2v) is 16.9. The average Bonchev–Trinajstić information content (AvgIpc) is 3.28. The van der Waals surface area contributed by atoms with E-state index in [9.17, 15) is 18.6 Å². The predicted octanol–water partition coefficient (Wildman–Crippen LogP) is 4.81. The van der Waals surface area contributed by atoms with Crippen molar-refractivity contribution in [2.75, 3.05) is 44.5 Å². The molecule has 54 heavy (non-hydrogen) atoms. The SMILES string of the molecule is CN=CC(C(=O)NS1(=O)=NC(=O)c2ccc3c(c2)N(CC2CCC2CC=CC(OC(=O)C=N)C(C)C1)CC1(CCCc2cc(C)ccc21)CO3)=C(N)OC. The second-order valence-electron chi connectivity index (χ2n) is 14.9. The van der Waals surface area contributed by atoms with Crippen LogP contribution in [0, 0.1) is 30.1 Å². The maximum Gasteiger partial charge on any atom is 0.349 e. The molecule has 2 amide bonds. The number of carbonyl (C=O) groups excluding carboxylic acids is 3. The van der Waals surface area contributed by atoms with E-state index in [1.807, 2.05) is 6.08 Å². The number of esters is 1. The molecule has 0 radical (unpaired) electrons. The molecule has 2 aliphatic carbocycles. The van der Waals surface area contributed by atoms with E-state index >= 15 is 0 Å². The Morgan fingerprint density at radius 3 is 2.72 bits per heavy atom. The molecule has 4 aliphatic rings. The molecule has 1 spiro atoms. The summed E-state index contributed by atoms with van der Waals surface area (Å²) in [6.07, 6.45) is 10.4. The largest absolute Gasteiger partial charge is 0.490 e. The molecule has 2 aromatic rings. The molecule has 1 saturated carbocycles. The first-order chi connectivity index (χ1) is 25.9. The van der Waals surface area contributed by atoms with Gasteiger partial charge in [0.25, 0.3) is 11.8 Å². The van der Waals surface area contributed by atoms with E-state index in [1.54, 1.807) is 31.2 Å². The number of methoxy groups -OCH3 is 1. The summed E-state index contributed by atoms with van der Waals surface area (Å²) in [6, 6.07) is 11.9. The van der Waals surface area contributed by atoms with Crippen LogP contribution in [0.4, 0.5) is 5.69 Å². The minimum atomic E-state index is -3.91. The smallest absolute Gasteiger partial charge is 0.349 e. The number of allylic oxidation sites excluding steroid dienone is 1. The Bertz CT molecular complexity index is 2040. The maximum absolute atomic E-state index is 14.8. The Balaban J connectivity index is 1.45. The van der Waals surface area contributed by atoms with Crippen LogP contribution in [0.2, 0.25) is 0 Å². The Labute approximate surface area is 317 Å². The van der Waals surface area contributed by atoms with Gasteiger partial charge in [-0.3, -0.25) is 19.3 Å². The van der Waals surface area contributed by atoms with E-state index in [0.717, 1.165) is 57.0 Å². The summed E-state index contributed by atoms with van der Waals surface area (Å²) in [5.74, 6) is -2.55. The molecule has 2 bridgehead atoms. The number of aryl methyl sites for hydroxylation is 2. The van der Waals surface area contributed by atoms with Gasteiger partial charge in [0.05, 0.1) is 25.2 Å². The first-order valence-electron chi connectivity index (χ1n) is 18.4. The lowest BCUT2D eigenvalue weighted by Gasteiger charge is -2.44. The highest BCUT2D eigenvalue weighted by atomic mass is 32.2. The van der Waals surface area contributed by atoms with E-state index in [2.05, 4.69) is 44.1 Å². The fourth-order valence-corrected chi connectivity index (χ4v) is 10.1. The third kappa shape index (κ3) is 8.23. The molecule has 0 saturated heterocycles. The van der Waals surface area contributed by atoms with E-state index in [4.69, 9.17) is 25.4 Å². The molecule has 6 unspecified atom stereocenters. The molecule has 6 atom stereocenters. The summed E-state index contributed by atoms with van der Waals surface area (Å²) < 4.78 is 38.7. The molecule has 6 rings (SSSR count). The number of hydrogen-bond donors (Lipinski definition) is 3. The van der Waals surface area contributed by atoms with Crippen LogP contribution in [0.15, 0.2) is 69.4 Å². The molecule has 2 aliphatic heterocycles. The van der Waals surface area contributed by atoms with Gasteiger partial charge < -0.3 is 30.3 Å². The second kappa shape index (κ2) is 16.2. The summed E-state index contributed by atoms with van der Waals surface area (Å²) in [5.41, 5.74) is 10.3. The molecular weight excluding hydrogens is 709 g/mol. The van der Waals surface area contributed by atoms with Gasteiger partial charge in [0.15, 0.2) is 5.88 Å². The van der Waals surface area contributed by atoms with Gasteiger partial charge in [-0.2, -0.15) is 0 Å². The van der Waals surface area contributed by atoms with Gasteiger partial charge in [0, 0.05) is 43.2 Å². The Kier molecular flexibility index (Phi) is 11.6. The van der Waals surface area contributed by atoms with Crippen molar-refractivity contribution in [2.24, 2.45) is 32.8 Å². The number of amides is 2. The van der Waals surface area contributed by atoms with Crippen molar-refractivity contribution in [2.45, 2.75) is 63.9 Å². The normalized spacial score (nSPS) is 28.6. The van der Waals surface area contributed by atoms with Crippen molar-refractivity contribution in [1.29, 1.82) is 5.41 Å². The number of hydrogen-bond acceptors (Lipinski definition) is 11. The molecule has 2 aromatic carbocycles. The van der Waals surface area contributed by atoms with Gasteiger partial charge >= 0.3 is 5.97 Å². The number of benzene rings is 2. The number of aliphatic imine (C=N–C) groups is 1. The van der Waals surface area contributed by atoms with E-state index < -0.39 is 39.7 Å². The highest BCUT2D eigenvalue weighted by Gasteiger charge is 2.43. The highest BCUT2D eigenvalue weighted by molar-refractivity contribution is 7.92.